The minimum atomic E-state index is 0.0191. The minimum absolute atomic E-state index is 0.0191. The fourth-order valence-corrected chi connectivity index (χ4v) is 1.48. The summed E-state index contributed by atoms with van der Waals surface area (Å²) in [6.45, 7) is 4.10. The Morgan fingerprint density at radius 3 is 2.55 bits per heavy atom. The van der Waals surface area contributed by atoms with Crippen LogP contribution in [0.15, 0.2) is 0 Å². The Kier molecular flexibility index (Phi) is 2.92. The first-order valence-corrected chi connectivity index (χ1v) is 4.48. The third kappa shape index (κ3) is 1.95. The summed E-state index contributed by atoms with van der Waals surface area (Å²) in [7, 11) is 0. The smallest absolute Gasteiger partial charge is 0.309 e. The summed E-state index contributed by atoms with van der Waals surface area (Å²) in [6, 6.07) is 0. The third-order valence-corrected chi connectivity index (χ3v) is 2.40. The van der Waals surface area contributed by atoms with Crippen molar-refractivity contribution in [3.8, 4) is 0 Å². The number of carbonyl (C=O) groups excluding carboxylic acids is 1. The molecular formula is C9H16O2. The normalized spacial score (nSPS) is 31.6. The van der Waals surface area contributed by atoms with Gasteiger partial charge in [-0.2, -0.15) is 0 Å². The molecule has 0 aromatic carbocycles. The zero-order chi connectivity index (χ0) is 8.27. The van der Waals surface area contributed by atoms with Crippen LogP contribution in [-0.4, -0.2) is 12.1 Å². The number of cyclic esters (lactones) is 1. The quantitative estimate of drug-likeness (QED) is 0.572. The van der Waals surface area contributed by atoms with Crippen molar-refractivity contribution in [2.45, 2.75) is 45.6 Å². The van der Waals surface area contributed by atoms with Crippen molar-refractivity contribution in [2.75, 3.05) is 0 Å². The topological polar surface area (TPSA) is 26.3 Å². The Morgan fingerprint density at radius 2 is 2.09 bits per heavy atom. The zero-order valence-electron chi connectivity index (χ0n) is 7.30. The van der Waals surface area contributed by atoms with Crippen LogP contribution in [0.5, 0.6) is 0 Å². The van der Waals surface area contributed by atoms with E-state index in [2.05, 4.69) is 6.92 Å². The van der Waals surface area contributed by atoms with Crippen LogP contribution >= 0.6 is 0 Å². The summed E-state index contributed by atoms with van der Waals surface area (Å²) >= 11 is 0. The summed E-state index contributed by atoms with van der Waals surface area (Å²) in [5, 5.41) is 0. The van der Waals surface area contributed by atoms with Gasteiger partial charge in [-0.05, 0) is 25.7 Å². The molecule has 1 aliphatic rings. The van der Waals surface area contributed by atoms with Crippen molar-refractivity contribution in [3.05, 3.63) is 0 Å². The van der Waals surface area contributed by atoms with E-state index in [1.54, 1.807) is 0 Å². The van der Waals surface area contributed by atoms with Gasteiger partial charge in [-0.25, -0.2) is 0 Å². The fraction of sp³-hybridized carbons (Fsp3) is 0.889. The second kappa shape index (κ2) is 3.74. The largest absolute Gasteiger partial charge is 0.462 e. The molecule has 0 radical (unpaired) electrons. The van der Waals surface area contributed by atoms with Crippen LogP contribution in [0, 0.1) is 5.92 Å². The number of hydrogen-bond donors (Lipinski definition) is 0. The van der Waals surface area contributed by atoms with Gasteiger partial charge in [0.15, 0.2) is 0 Å². The van der Waals surface area contributed by atoms with Gasteiger partial charge >= 0.3 is 5.97 Å². The van der Waals surface area contributed by atoms with Gasteiger partial charge in [0.25, 0.3) is 0 Å². The number of esters is 1. The lowest BCUT2D eigenvalue weighted by molar-refractivity contribution is -0.160. The molecular weight excluding hydrogens is 140 g/mol. The lowest BCUT2D eigenvalue weighted by Gasteiger charge is -2.26. The van der Waals surface area contributed by atoms with Gasteiger partial charge < -0.3 is 4.74 Å². The Hall–Kier alpha value is -0.530. The van der Waals surface area contributed by atoms with Crippen molar-refractivity contribution in [3.63, 3.8) is 0 Å². The van der Waals surface area contributed by atoms with E-state index in [1.807, 2.05) is 6.92 Å². The van der Waals surface area contributed by atoms with E-state index in [4.69, 9.17) is 4.74 Å². The van der Waals surface area contributed by atoms with Crippen LogP contribution in [0.25, 0.3) is 0 Å². The zero-order valence-corrected chi connectivity index (χ0v) is 7.30. The van der Waals surface area contributed by atoms with E-state index in [1.165, 1.54) is 0 Å². The molecule has 1 heterocycles. The van der Waals surface area contributed by atoms with Gasteiger partial charge in [-0.3, -0.25) is 4.79 Å². The summed E-state index contributed by atoms with van der Waals surface area (Å²) < 4.78 is 5.20. The number of carbonyl (C=O) groups is 1. The maximum atomic E-state index is 11.2. The standard InChI is InChI=1S/C9H16O2/c1-3-7-5-6-8(4-2)11-9(7)10/h7-8H,3-6H2,1-2H3/t7-,8+/m1/s1. The number of hydrogen-bond acceptors (Lipinski definition) is 2. The van der Waals surface area contributed by atoms with E-state index in [0.717, 1.165) is 25.7 Å². The lowest BCUT2D eigenvalue weighted by Crippen LogP contribution is -2.30. The molecule has 2 atom stereocenters. The highest BCUT2D eigenvalue weighted by molar-refractivity contribution is 5.73. The molecule has 0 bridgehead atoms. The van der Waals surface area contributed by atoms with Crippen molar-refractivity contribution >= 4 is 5.97 Å². The van der Waals surface area contributed by atoms with E-state index in [9.17, 15) is 4.79 Å². The van der Waals surface area contributed by atoms with Gasteiger partial charge in [0, 0.05) is 0 Å². The van der Waals surface area contributed by atoms with E-state index < -0.39 is 0 Å². The number of ether oxygens (including phenoxy) is 1. The first kappa shape index (κ1) is 8.57. The average Bonchev–Trinajstić information content (AvgIpc) is 2.04. The lowest BCUT2D eigenvalue weighted by atomic mass is 9.95. The highest BCUT2D eigenvalue weighted by atomic mass is 16.5. The summed E-state index contributed by atoms with van der Waals surface area (Å²) in [4.78, 5) is 11.2. The molecule has 0 aromatic rings. The van der Waals surface area contributed by atoms with Gasteiger partial charge in [0.05, 0.1) is 5.92 Å². The van der Waals surface area contributed by atoms with Gasteiger partial charge in [-0.15, -0.1) is 0 Å². The second-order valence-corrected chi connectivity index (χ2v) is 3.15. The monoisotopic (exact) mass is 156 g/mol. The minimum Gasteiger partial charge on any atom is -0.462 e. The van der Waals surface area contributed by atoms with Gasteiger partial charge in [-0.1, -0.05) is 13.8 Å². The molecule has 0 spiro atoms. The Morgan fingerprint density at radius 1 is 1.36 bits per heavy atom. The molecule has 0 aliphatic carbocycles. The van der Waals surface area contributed by atoms with Crippen LogP contribution in [-0.2, 0) is 9.53 Å². The van der Waals surface area contributed by atoms with Crippen molar-refractivity contribution in [1.29, 1.82) is 0 Å². The van der Waals surface area contributed by atoms with Crippen LogP contribution < -0.4 is 0 Å². The van der Waals surface area contributed by atoms with E-state index >= 15 is 0 Å². The molecule has 1 fully saturated rings. The first-order chi connectivity index (χ1) is 5.27. The second-order valence-electron chi connectivity index (χ2n) is 3.15. The number of rotatable bonds is 2. The molecule has 0 unspecified atom stereocenters. The predicted octanol–water partition coefficient (Wildman–Crippen LogP) is 2.13. The van der Waals surface area contributed by atoms with Crippen LogP contribution in [0.1, 0.15) is 39.5 Å². The molecule has 11 heavy (non-hydrogen) atoms. The predicted molar refractivity (Wildman–Crippen MR) is 43.2 cm³/mol. The van der Waals surface area contributed by atoms with Gasteiger partial charge in [0.2, 0.25) is 0 Å². The molecule has 2 heteroatoms. The first-order valence-electron chi connectivity index (χ1n) is 4.48. The third-order valence-electron chi connectivity index (χ3n) is 2.40. The molecule has 1 saturated heterocycles. The molecule has 1 rings (SSSR count). The highest BCUT2D eigenvalue weighted by Crippen LogP contribution is 2.23. The molecule has 1 aliphatic heterocycles. The van der Waals surface area contributed by atoms with E-state index in [0.29, 0.717) is 0 Å². The Labute approximate surface area is 67.9 Å². The van der Waals surface area contributed by atoms with Crippen molar-refractivity contribution in [2.24, 2.45) is 5.92 Å². The maximum absolute atomic E-state index is 11.2. The molecule has 2 nitrogen and oxygen atoms in total. The van der Waals surface area contributed by atoms with Crippen molar-refractivity contribution in [1.82, 2.24) is 0 Å². The molecule has 0 saturated carbocycles. The summed E-state index contributed by atoms with van der Waals surface area (Å²) in [6.07, 6.45) is 4.16. The molecule has 0 N–H and O–H groups in total. The summed E-state index contributed by atoms with van der Waals surface area (Å²) in [5.41, 5.74) is 0. The SMILES string of the molecule is CC[C@H]1CC[C@@H](CC)C(=O)O1. The van der Waals surface area contributed by atoms with Gasteiger partial charge in [0.1, 0.15) is 6.10 Å². The van der Waals surface area contributed by atoms with Crippen molar-refractivity contribution < 1.29 is 9.53 Å². The average molecular weight is 156 g/mol. The Bertz CT molecular complexity index is 142. The van der Waals surface area contributed by atoms with Crippen LogP contribution in [0.3, 0.4) is 0 Å². The molecule has 0 amide bonds. The highest BCUT2D eigenvalue weighted by Gasteiger charge is 2.27. The van der Waals surface area contributed by atoms with Crippen LogP contribution in [0.4, 0.5) is 0 Å². The maximum Gasteiger partial charge on any atom is 0.309 e. The van der Waals surface area contributed by atoms with E-state index in [-0.39, 0.29) is 18.0 Å². The molecule has 64 valence electrons. The van der Waals surface area contributed by atoms with Crippen LogP contribution in [0.2, 0.25) is 0 Å². The Balaban J connectivity index is 2.41. The summed E-state index contributed by atoms with van der Waals surface area (Å²) in [5.74, 6) is 0.198. The molecule has 0 aromatic heterocycles. The fourth-order valence-electron chi connectivity index (χ4n) is 1.48.